The lowest BCUT2D eigenvalue weighted by Crippen LogP contribution is -2.36. The second kappa shape index (κ2) is 10.6. The molecule has 2 aromatic carbocycles. The first-order valence-corrected chi connectivity index (χ1v) is 10.5. The van der Waals surface area contributed by atoms with Gasteiger partial charge in [0.15, 0.2) is 0 Å². The molecule has 1 atom stereocenters. The maximum Gasteiger partial charge on any atom is 0.257 e. The van der Waals surface area contributed by atoms with Crippen LogP contribution in [-0.2, 0) is 6.54 Å². The first-order valence-electron chi connectivity index (χ1n) is 10.1. The Bertz CT molecular complexity index is 1170. The van der Waals surface area contributed by atoms with E-state index in [-0.39, 0.29) is 23.7 Å². The van der Waals surface area contributed by atoms with Crippen molar-refractivity contribution in [3.05, 3.63) is 117 Å². The number of hydrogen-bond acceptors (Lipinski definition) is 3. The minimum absolute atomic E-state index is 0.102. The number of carbonyl (C=O) groups is 2. The van der Waals surface area contributed by atoms with Crippen LogP contribution in [0.3, 0.4) is 0 Å². The Morgan fingerprint density at radius 2 is 1.66 bits per heavy atom. The van der Waals surface area contributed by atoms with E-state index in [0.717, 1.165) is 11.1 Å². The molecule has 0 unspecified atom stereocenters. The van der Waals surface area contributed by atoms with Gasteiger partial charge < -0.3 is 15.2 Å². The van der Waals surface area contributed by atoms with Crippen LogP contribution in [0.2, 0.25) is 5.02 Å². The van der Waals surface area contributed by atoms with Crippen molar-refractivity contribution in [2.24, 2.45) is 0 Å². The molecule has 0 radical (unpaired) electrons. The fourth-order valence-corrected chi connectivity index (χ4v) is 3.34. The van der Waals surface area contributed by atoms with Gasteiger partial charge in [-0.3, -0.25) is 14.4 Å². The van der Waals surface area contributed by atoms with Gasteiger partial charge in [0.25, 0.3) is 11.8 Å². The van der Waals surface area contributed by atoms with Gasteiger partial charge in [-0.05, 0) is 30.2 Å². The van der Waals surface area contributed by atoms with Crippen molar-refractivity contribution >= 4 is 23.4 Å². The molecule has 1 aromatic heterocycles. The zero-order chi connectivity index (χ0) is 23.1. The van der Waals surface area contributed by atoms with E-state index in [4.69, 9.17) is 11.6 Å². The summed E-state index contributed by atoms with van der Waals surface area (Å²) in [6.45, 7) is 5.98. The maximum absolute atomic E-state index is 13.0. The molecule has 0 spiro atoms. The summed E-state index contributed by atoms with van der Waals surface area (Å²) in [6.07, 6.45) is 4.46. The number of aromatic nitrogens is 1. The van der Waals surface area contributed by atoms with E-state index in [0.29, 0.717) is 11.6 Å². The maximum atomic E-state index is 13.0. The summed E-state index contributed by atoms with van der Waals surface area (Å²) >= 11 is 5.93. The van der Waals surface area contributed by atoms with E-state index in [2.05, 4.69) is 17.2 Å². The fourth-order valence-electron chi connectivity index (χ4n) is 3.21. The van der Waals surface area contributed by atoms with Crippen LogP contribution in [0, 0.1) is 0 Å². The fraction of sp³-hybridized carbons (Fsp3) is 0.160. The zero-order valence-electron chi connectivity index (χ0n) is 17.7. The molecule has 164 valence electrons. The summed E-state index contributed by atoms with van der Waals surface area (Å²) < 4.78 is 1.67. The number of halogens is 1. The average molecular weight is 450 g/mol. The Hall–Kier alpha value is -3.64. The highest BCUT2D eigenvalue weighted by Gasteiger charge is 2.21. The number of nitrogens with zero attached hydrogens (tertiary/aromatic N) is 1. The molecular formula is C25H24ClN3O3. The van der Waals surface area contributed by atoms with Crippen molar-refractivity contribution in [3.63, 3.8) is 0 Å². The largest absolute Gasteiger partial charge is 0.348 e. The topological polar surface area (TPSA) is 80.2 Å². The Morgan fingerprint density at radius 1 is 1.03 bits per heavy atom. The van der Waals surface area contributed by atoms with Crippen molar-refractivity contribution in [1.82, 2.24) is 15.2 Å². The first kappa shape index (κ1) is 23.0. The summed E-state index contributed by atoms with van der Waals surface area (Å²) in [7, 11) is 0. The van der Waals surface area contributed by atoms with Crippen molar-refractivity contribution in [2.45, 2.75) is 19.5 Å². The molecule has 6 nitrogen and oxygen atoms in total. The molecule has 0 bridgehead atoms. The molecule has 3 aromatic rings. The molecule has 0 fully saturated rings. The molecule has 2 amide bonds. The highest BCUT2D eigenvalue weighted by atomic mass is 35.5. The molecule has 3 rings (SSSR count). The first-order chi connectivity index (χ1) is 15.4. The summed E-state index contributed by atoms with van der Waals surface area (Å²) in [5.74, 6) is -1.12. The monoisotopic (exact) mass is 449 g/mol. The predicted molar refractivity (Wildman–Crippen MR) is 126 cm³/mol. The summed E-state index contributed by atoms with van der Waals surface area (Å²) in [5.41, 5.74) is 0.973. The average Bonchev–Trinajstić information content (AvgIpc) is 2.79. The lowest BCUT2D eigenvalue weighted by Gasteiger charge is -2.16. The number of rotatable bonds is 8. The third-order valence-corrected chi connectivity index (χ3v) is 5.15. The van der Waals surface area contributed by atoms with Crippen LogP contribution >= 0.6 is 11.6 Å². The minimum atomic E-state index is -0.628. The van der Waals surface area contributed by atoms with E-state index >= 15 is 0 Å². The van der Waals surface area contributed by atoms with E-state index in [9.17, 15) is 14.4 Å². The second-order valence-electron chi connectivity index (χ2n) is 7.32. The molecule has 0 aliphatic carbocycles. The lowest BCUT2D eigenvalue weighted by molar-refractivity contribution is 0.0938. The van der Waals surface area contributed by atoms with Gasteiger partial charge in [0, 0.05) is 30.5 Å². The number of benzene rings is 2. The van der Waals surface area contributed by atoms with Crippen LogP contribution in [0.15, 0.2) is 84.4 Å². The van der Waals surface area contributed by atoms with Crippen LogP contribution in [0.4, 0.5) is 0 Å². The third-order valence-electron chi connectivity index (χ3n) is 4.90. The summed E-state index contributed by atoms with van der Waals surface area (Å²) in [4.78, 5) is 38.6. The molecule has 32 heavy (non-hydrogen) atoms. The van der Waals surface area contributed by atoms with Crippen molar-refractivity contribution < 1.29 is 9.59 Å². The summed E-state index contributed by atoms with van der Waals surface area (Å²) in [5, 5.41) is 6.03. The van der Waals surface area contributed by atoms with E-state index in [1.54, 1.807) is 28.8 Å². The second-order valence-corrected chi connectivity index (χ2v) is 7.75. The number of carbonyl (C=O) groups excluding carboxylic acids is 2. The molecule has 0 aliphatic heterocycles. The van der Waals surface area contributed by atoms with Crippen molar-refractivity contribution in [3.8, 4) is 0 Å². The standard InChI is InChI=1S/C25H24ClN3O3/c1-3-13-27-24(31)21-15-29(14-18-7-5-4-6-8-18)16-22(23(21)30)25(32)28-17(2)19-9-11-20(26)12-10-19/h3-12,15-17H,1,13-14H2,2H3,(H,27,31)(H,28,32)/t17-/m1/s1. The van der Waals surface area contributed by atoms with Gasteiger partial charge in [-0.25, -0.2) is 0 Å². The summed E-state index contributed by atoms with van der Waals surface area (Å²) in [6, 6.07) is 16.3. The van der Waals surface area contributed by atoms with Crippen LogP contribution < -0.4 is 16.1 Å². The van der Waals surface area contributed by atoms with Crippen LogP contribution in [-0.4, -0.2) is 22.9 Å². The van der Waals surface area contributed by atoms with Gasteiger partial charge in [-0.15, -0.1) is 6.58 Å². The number of pyridine rings is 1. The number of amides is 2. The molecule has 7 heteroatoms. The highest BCUT2D eigenvalue weighted by Crippen LogP contribution is 2.16. The molecular weight excluding hydrogens is 426 g/mol. The Morgan fingerprint density at radius 3 is 2.28 bits per heavy atom. The molecule has 2 N–H and O–H groups in total. The van der Waals surface area contributed by atoms with Gasteiger partial charge in [-0.1, -0.05) is 60.1 Å². The molecule has 0 aliphatic rings. The van der Waals surface area contributed by atoms with E-state index in [1.165, 1.54) is 18.5 Å². The third kappa shape index (κ3) is 5.74. The normalized spacial score (nSPS) is 11.4. The predicted octanol–water partition coefficient (Wildman–Crippen LogP) is 3.96. The Balaban J connectivity index is 1.94. The van der Waals surface area contributed by atoms with Crippen LogP contribution in [0.5, 0.6) is 0 Å². The number of nitrogens with one attached hydrogen (secondary N) is 2. The molecule has 0 saturated heterocycles. The quantitative estimate of drug-likeness (QED) is 0.511. The van der Waals surface area contributed by atoms with Crippen LogP contribution in [0.1, 0.15) is 44.8 Å². The molecule has 1 heterocycles. The van der Waals surface area contributed by atoms with E-state index in [1.807, 2.05) is 37.3 Å². The van der Waals surface area contributed by atoms with Gasteiger partial charge in [0.05, 0.1) is 6.04 Å². The Kier molecular flexibility index (Phi) is 7.63. The highest BCUT2D eigenvalue weighted by molar-refractivity contribution is 6.30. The van der Waals surface area contributed by atoms with E-state index < -0.39 is 17.2 Å². The molecule has 0 saturated carbocycles. The smallest absolute Gasteiger partial charge is 0.257 e. The van der Waals surface area contributed by atoms with Gasteiger partial charge in [-0.2, -0.15) is 0 Å². The van der Waals surface area contributed by atoms with Crippen molar-refractivity contribution in [2.75, 3.05) is 6.54 Å². The lowest BCUT2D eigenvalue weighted by atomic mass is 10.1. The SMILES string of the molecule is C=CCNC(=O)c1cn(Cc2ccccc2)cc(C(=O)N[C@H](C)c2ccc(Cl)cc2)c1=O. The van der Waals surface area contributed by atoms with Gasteiger partial charge in [0.1, 0.15) is 11.1 Å². The minimum Gasteiger partial charge on any atom is -0.348 e. The van der Waals surface area contributed by atoms with Crippen molar-refractivity contribution in [1.29, 1.82) is 0 Å². The Labute approximate surface area is 191 Å². The van der Waals surface area contributed by atoms with Crippen LogP contribution in [0.25, 0.3) is 0 Å². The number of hydrogen-bond donors (Lipinski definition) is 2. The van der Waals surface area contributed by atoms with Gasteiger partial charge in [0.2, 0.25) is 5.43 Å². The zero-order valence-corrected chi connectivity index (χ0v) is 18.4. The van der Waals surface area contributed by atoms with Gasteiger partial charge >= 0.3 is 0 Å².